The Kier molecular flexibility index (Phi) is 5.67. The number of fused-ring (bicyclic) bond motifs is 2. The molecule has 2 aliphatic carbocycles. The van der Waals surface area contributed by atoms with E-state index in [-0.39, 0.29) is 22.8 Å². The van der Waals surface area contributed by atoms with Gasteiger partial charge in [-0.2, -0.15) is 0 Å². The average molecular weight is 436 g/mol. The maximum atomic E-state index is 13.5. The molecule has 2 aromatic rings. The Hall–Kier alpha value is -2.11. The minimum absolute atomic E-state index is 0.0687. The monoisotopic (exact) mass is 435 g/mol. The highest BCUT2D eigenvalue weighted by Gasteiger charge is 2.59. The molecule has 1 amide bonds. The molecule has 5 rings (SSSR count). The Bertz CT molecular complexity index is 956. The van der Waals surface area contributed by atoms with Gasteiger partial charge in [0, 0.05) is 44.1 Å². The van der Waals surface area contributed by atoms with Crippen molar-refractivity contribution in [2.75, 3.05) is 32.8 Å². The second kappa shape index (κ2) is 8.35. The van der Waals surface area contributed by atoms with E-state index in [0.29, 0.717) is 0 Å². The van der Waals surface area contributed by atoms with Crippen molar-refractivity contribution in [2.45, 2.75) is 52.6 Å². The Morgan fingerprint density at radius 3 is 2.56 bits per heavy atom. The van der Waals surface area contributed by atoms with Crippen LogP contribution in [0.25, 0.3) is 11.3 Å². The molecule has 2 saturated carbocycles. The number of rotatable bonds is 6. The zero-order valence-corrected chi connectivity index (χ0v) is 19.8. The summed E-state index contributed by atoms with van der Waals surface area (Å²) in [6, 6.07) is 12.7. The lowest BCUT2D eigenvalue weighted by Gasteiger charge is -2.43. The highest BCUT2D eigenvalue weighted by Crippen LogP contribution is 2.62. The second-order valence-electron chi connectivity index (χ2n) is 10.9. The number of ether oxygens (including phenoxy) is 1. The molecule has 1 N–H and O–H groups in total. The van der Waals surface area contributed by atoms with Gasteiger partial charge in [-0.25, -0.2) is 0 Å². The van der Waals surface area contributed by atoms with Crippen LogP contribution in [-0.4, -0.2) is 54.3 Å². The smallest absolute Gasteiger partial charge is 0.253 e. The van der Waals surface area contributed by atoms with Crippen molar-refractivity contribution >= 4 is 5.91 Å². The van der Waals surface area contributed by atoms with E-state index in [4.69, 9.17) is 4.74 Å². The van der Waals surface area contributed by atoms with E-state index in [0.717, 1.165) is 62.1 Å². The molecule has 3 aliphatic rings. The largest absolute Gasteiger partial charge is 0.379 e. The molecule has 1 saturated heterocycles. The van der Waals surface area contributed by atoms with Gasteiger partial charge in [0.25, 0.3) is 5.91 Å². The van der Waals surface area contributed by atoms with Gasteiger partial charge in [0.2, 0.25) is 0 Å². The molecule has 32 heavy (non-hydrogen) atoms. The predicted octanol–water partition coefficient (Wildman–Crippen LogP) is 4.43. The fourth-order valence-electron chi connectivity index (χ4n) is 6.62. The number of benzene rings is 1. The van der Waals surface area contributed by atoms with Gasteiger partial charge in [0.05, 0.1) is 18.8 Å². The minimum Gasteiger partial charge on any atom is -0.379 e. The summed E-state index contributed by atoms with van der Waals surface area (Å²) in [5.74, 6) is 0.787. The van der Waals surface area contributed by atoms with Crippen LogP contribution in [0, 0.1) is 16.7 Å². The lowest BCUT2D eigenvalue weighted by Crippen LogP contribution is -2.52. The first-order chi connectivity index (χ1) is 15.4. The van der Waals surface area contributed by atoms with Gasteiger partial charge in [-0.3, -0.25) is 9.69 Å². The van der Waals surface area contributed by atoms with E-state index in [2.05, 4.69) is 72.1 Å². The normalized spacial score (nSPS) is 29.3. The van der Waals surface area contributed by atoms with Crippen LogP contribution in [0.15, 0.2) is 42.6 Å². The van der Waals surface area contributed by atoms with Crippen LogP contribution in [0.3, 0.4) is 0 Å². The molecule has 1 aromatic heterocycles. The quantitative estimate of drug-likeness (QED) is 0.730. The topological polar surface area (TPSA) is 46.5 Å². The molecule has 1 unspecified atom stereocenters. The number of nitrogens with one attached hydrogen (secondary N) is 1. The maximum Gasteiger partial charge on any atom is 0.253 e. The minimum atomic E-state index is 0.0687. The molecule has 3 fully saturated rings. The van der Waals surface area contributed by atoms with Crippen LogP contribution in [0.1, 0.15) is 50.4 Å². The molecule has 2 bridgehead atoms. The lowest BCUT2D eigenvalue weighted by molar-refractivity contribution is 0.0364. The third-order valence-electron chi connectivity index (χ3n) is 8.53. The summed E-state index contributed by atoms with van der Waals surface area (Å²) in [4.78, 5) is 15.9. The third kappa shape index (κ3) is 3.90. The van der Waals surface area contributed by atoms with E-state index < -0.39 is 0 Å². The highest BCUT2D eigenvalue weighted by molar-refractivity contribution is 5.95. The molecular formula is C27H37N3O2. The molecule has 3 atom stereocenters. The molecule has 1 aromatic carbocycles. The average Bonchev–Trinajstić information content (AvgIpc) is 3.46. The summed E-state index contributed by atoms with van der Waals surface area (Å²) in [6.45, 7) is 12.5. The van der Waals surface area contributed by atoms with Crippen molar-refractivity contribution in [3.05, 3.63) is 48.2 Å². The zero-order chi connectivity index (χ0) is 22.3. The molecule has 5 heteroatoms. The molecule has 0 radical (unpaired) electrons. The Labute approximate surface area is 192 Å². The van der Waals surface area contributed by atoms with E-state index in [1.54, 1.807) is 0 Å². The fourth-order valence-corrected chi connectivity index (χ4v) is 6.62. The van der Waals surface area contributed by atoms with Gasteiger partial charge in [-0.1, -0.05) is 51.1 Å². The Morgan fingerprint density at radius 1 is 1.12 bits per heavy atom. The molecule has 2 heterocycles. The van der Waals surface area contributed by atoms with E-state index in [9.17, 15) is 4.79 Å². The van der Waals surface area contributed by atoms with Crippen LogP contribution in [0.4, 0.5) is 0 Å². The molecule has 172 valence electrons. The van der Waals surface area contributed by atoms with Crippen molar-refractivity contribution in [2.24, 2.45) is 16.7 Å². The van der Waals surface area contributed by atoms with Crippen LogP contribution in [0.5, 0.6) is 0 Å². The molecule has 5 nitrogen and oxygen atoms in total. The third-order valence-corrected chi connectivity index (χ3v) is 8.53. The van der Waals surface area contributed by atoms with Gasteiger partial charge in [-0.05, 0) is 47.6 Å². The van der Waals surface area contributed by atoms with E-state index >= 15 is 0 Å². The number of hydrogen-bond acceptors (Lipinski definition) is 3. The van der Waals surface area contributed by atoms with Crippen molar-refractivity contribution in [3.8, 4) is 11.3 Å². The number of amides is 1. The van der Waals surface area contributed by atoms with Gasteiger partial charge in [0.15, 0.2) is 0 Å². The summed E-state index contributed by atoms with van der Waals surface area (Å²) in [5, 5.41) is 3.48. The zero-order valence-electron chi connectivity index (χ0n) is 19.8. The van der Waals surface area contributed by atoms with Crippen molar-refractivity contribution < 1.29 is 9.53 Å². The van der Waals surface area contributed by atoms with Crippen molar-refractivity contribution in [1.29, 1.82) is 0 Å². The van der Waals surface area contributed by atoms with E-state index in [1.807, 2.05) is 6.07 Å². The first kappa shape index (κ1) is 21.7. The Morgan fingerprint density at radius 2 is 1.88 bits per heavy atom. The first-order valence-electron chi connectivity index (χ1n) is 12.2. The van der Waals surface area contributed by atoms with Crippen LogP contribution in [0.2, 0.25) is 0 Å². The molecule has 0 spiro atoms. The summed E-state index contributed by atoms with van der Waals surface area (Å²) in [6.07, 6.45) is 5.81. The summed E-state index contributed by atoms with van der Waals surface area (Å²) in [7, 11) is 0. The standard InChI is InChI=1S/C27H37N3O2/c1-26(2)22-9-10-27(3,18-22)25(26)28-24(31)21-17-23(20-7-5-4-6-8-20)30(19-21)12-11-29-13-15-32-16-14-29/h4-8,17,19,22,25H,9-16,18H2,1-3H3,(H,28,31)/t22?,25-,27+/m1/s1. The van der Waals surface area contributed by atoms with Crippen molar-refractivity contribution in [3.63, 3.8) is 0 Å². The maximum absolute atomic E-state index is 13.5. The fraction of sp³-hybridized carbons (Fsp3) is 0.593. The molecule has 1 aliphatic heterocycles. The Balaban J connectivity index is 1.37. The SMILES string of the molecule is CC1(C)C2CC[C@@](C)(C2)[C@@H]1NC(=O)c1cc(-c2ccccc2)n(CCN2CCOCC2)c1. The van der Waals surface area contributed by atoms with Gasteiger partial charge >= 0.3 is 0 Å². The van der Waals surface area contributed by atoms with Crippen molar-refractivity contribution in [1.82, 2.24) is 14.8 Å². The van der Waals surface area contributed by atoms with Crippen LogP contribution < -0.4 is 5.32 Å². The second-order valence-corrected chi connectivity index (χ2v) is 10.9. The summed E-state index contributed by atoms with van der Waals surface area (Å²) in [5.41, 5.74) is 3.42. The van der Waals surface area contributed by atoms with Gasteiger partial charge in [-0.15, -0.1) is 0 Å². The van der Waals surface area contributed by atoms with Crippen LogP contribution in [-0.2, 0) is 11.3 Å². The van der Waals surface area contributed by atoms with Crippen LogP contribution >= 0.6 is 0 Å². The lowest BCUT2D eigenvalue weighted by atomic mass is 9.68. The number of morpholine rings is 1. The number of nitrogens with zero attached hydrogens (tertiary/aromatic N) is 2. The number of hydrogen-bond donors (Lipinski definition) is 1. The highest BCUT2D eigenvalue weighted by atomic mass is 16.5. The van der Waals surface area contributed by atoms with Gasteiger partial charge in [0.1, 0.15) is 0 Å². The van der Waals surface area contributed by atoms with Gasteiger partial charge < -0.3 is 14.6 Å². The number of carbonyl (C=O) groups is 1. The predicted molar refractivity (Wildman–Crippen MR) is 128 cm³/mol. The summed E-state index contributed by atoms with van der Waals surface area (Å²) < 4.78 is 7.75. The number of carbonyl (C=O) groups excluding carboxylic acids is 1. The number of aromatic nitrogens is 1. The molecular weight excluding hydrogens is 398 g/mol. The first-order valence-corrected chi connectivity index (χ1v) is 12.2. The van der Waals surface area contributed by atoms with E-state index in [1.165, 1.54) is 19.3 Å². The summed E-state index contributed by atoms with van der Waals surface area (Å²) >= 11 is 0.